The number of carbonyl (C=O) groups is 2. The molecule has 2 rings (SSSR count). The highest BCUT2D eigenvalue weighted by molar-refractivity contribution is 5.88. The molecule has 0 radical (unpaired) electrons. The Kier molecular flexibility index (Phi) is 6.86. The lowest BCUT2D eigenvalue weighted by Gasteiger charge is -2.22. The van der Waals surface area contributed by atoms with Gasteiger partial charge in [0.1, 0.15) is 12.6 Å². The number of carbonyl (C=O) groups excluding carboxylic acids is 2. The van der Waals surface area contributed by atoms with Crippen LogP contribution in [0.25, 0.3) is 10.9 Å². The minimum Gasteiger partial charge on any atom is -0.460 e. The summed E-state index contributed by atoms with van der Waals surface area (Å²) in [6.07, 6.45) is 1.76. The second-order valence-electron chi connectivity index (χ2n) is 6.45. The third-order valence-corrected chi connectivity index (χ3v) is 3.98. The highest BCUT2D eigenvalue weighted by atomic mass is 16.5. The first-order valence-corrected chi connectivity index (χ1v) is 8.60. The van der Waals surface area contributed by atoms with Crippen molar-refractivity contribution in [3.63, 3.8) is 0 Å². The van der Waals surface area contributed by atoms with Crippen molar-refractivity contribution < 1.29 is 14.3 Å². The molecule has 1 unspecified atom stereocenters. The smallest absolute Gasteiger partial charge is 0.329 e. The maximum atomic E-state index is 12.4. The summed E-state index contributed by atoms with van der Waals surface area (Å²) in [7, 11) is 0. The third kappa shape index (κ3) is 5.13. The van der Waals surface area contributed by atoms with Crippen molar-refractivity contribution in [2.24, 2.45) is 11.7 Å². The molecule has 1 aromatic heterocycles. The van der Waals surface area contributed by atoms with Gasteiger partial charge in [-0.3, -0.25) is 9.78 Å². The molecule has 6 heteroatoms. The topological polar surface area (TPSA) is 94.3 Å². The fraction of sp³-hybridized carbons (Fsp3) is 0.350. The van der Waals surface area contributed by atoms with Crippen molar-refractivity contribution in [1.29, 1.82) is 0 Å². The van der Waals surface area contributed by atoms with E-state index in [1.165, 1.54) is 6.08 Å². The number of rotatable bonds is 8. The zero-order chi connectivity index (χ0) is 19.1. The average Bonchev–Trinajstić information content (AvgIpc) is 2.63. The Bertz CT molecular complexity index is 789. The number of nitrogens with one attached hydrogen (secondary N) is 1. The number of aromatic nitrogens is 1. The highest BCUT2D eigenvalue weighted by Crippen LogP contribution is 2.13. The van der Waals surface area contributed by atoms with E-state index in [0.717, 1.165) is 16.6 Å². The minimum atomic E-state index is -0.808. The zero-order valence-corrected chi connectivity index (χ0v) is 15.1. The Labute approximate surface area is 153 Å². The number of esters is 1. The summed E-state index contributed by atoms with van der Waals surface area (Å²) >= 11 is 0. The van der Waals surface area contributed by atoms with Crippen LogP contribution in [0.4, 0.5) is 0 Å². The van der Waals surface area contributed by atoms with Crippen LogP contribution < -0.4 is 11.1 Å². The van der Waals surface area contributed by atoms with Crippen molar-refractivity contribution in [2.45, 2.75) is 32.4 Å². The average molecular weight is 355 g/mol. The van der Waals surface area contributed by atoms with Gasteiger partial charge >= 0.3 is 5.97 Å². The van der Waals surface area contributed by atoms with E-state index >= 15 is 0 Å². The number of fused-ring (bicyclic) bond motifs is 1. The monoisotopic (exact) mass is 355 g/mol. The Balaban J connectivity index is 2.02. The maximum absolute atomic E-state index is 12.4. The summed E-state index contributed by atoms with van der Waals surface area (Å²) in [6.45, 7) is 7.26. The predicted octanol–water partition coefficient (Wildman–Crippen LogP) is 1.97. The molecule has 2 aromatic rings. The van der Waals surface area contributed by atoms with E-state index in [2.05, 4.69) is 16.9 Å². The molecule has 0 aliphatic rings. The van der Waals surface area contributed by atoms with E-state index in [0.29, 0.717) is 0 Å². The fourth-order valence-electron chi connectivity index (χ4n) is 2.53. The molecule has 0 bridgehead atoms. The van der Waals surface area contributed by atoms with Crippen molar-refractivity contribution in [1.82, 2.24) is 10.3 Å². The number of hydrogen-bond acceptors (Lipinski definition) is 5. The van der Waals surface area contributed by atoms with Crippen molar-refractivity contribution in [3.8, 4) is 0 Å². The van der Waals surface area contributed by atoms with E-state index in [1.807, 2.05) is 50.2 Å². The molecule has 0 spiro atoms. The first-order valence-electron chi connectivity index (χ1n) is 8.60. The van der Waals surface area contributed by atoms with Gasteiger partial charge in [-0.2, -0.15) is 0 Å². The van der Waals surface area contributed by atoms with Crippen LogP contribution in [0.1, 0.15) is 19.5 Å². The molecule has 1 amide bonds. The summed E-state index contributed by atoms with van der Waals surface area (Å²) in [4.78, 5) is 29.0. The van der Waals surface area contributed by atoms with Crippen molar-refractivity contribution in [2.75, 3.05) is 6.61 Å². The number of para-hydroxylation sites is 1. The molecule has 0 aliphatic carbocycles. The molecule has 0 saturated carbocycles. The number of benzene rings is 1. The van der Waals surface area contributed by atoms with E-state index in [1.54, 1.807) is 0 Å². The minimum absolute atomic E-state index is 0.102. The van der Waals surface area contributed by atoms with Gasteiger partial charge in [-0.15, -0.1) is 0 Å². The molecule has 1 aromatic carbocycles. The summed E-state index contributed by atoms with van der Waals surface area (Å²) in [5.74, 6) is -1.03. The highest BCUT2D eigenvalue weighted by Gasteiger charge is 2.27. The summed E-state index contributed by atoms with van der Waals surface area (Å²) in [6, 6.07) is 9.99. The maximum Gasteiger partial charge on any atom is 0.329 e. The quantitative estimate of drug-likeness (QED) is 0.558. The van der Waals surface area contributed by atoms with Gasteiger partial charge in [0.15, 0.2) is 0 Å². The van der Waals surface area contributed by atoms with E-state index in [4.69, 9.17) is 10.5 Å². The Morgan fingerprint density at radius 2 is 2.00 bits per heavy atom. The molecular weight excluding hydrogens is 330 g/mol. The lowest BCUT2D eigenvalue weighted by atomic mass is 10.0. The molecule has 0 aliphatic heterocycles. The Morgan fingerprint density at radius 1 is 1.27 bits per heavy atom. The van der Waals surface area contributed by atoms with Gasteiger partial charge in [0.25, 0.3) is 0 Å². The molecule has 6 nitrogen and oxygen atoms in total. The normalized spacial score (nSPS) is 13.2. The van der Waals surface area contributed by atoms with Crippen LogP contribution in [0.3, 0.4) is 0 Å². The molecule has 0 fully saturated rings. The van der Waals surface area contributed by atoms with Gasteiger partial charge in [0.05, 0.1) is 11.6 Å². The van der Waals surface area contributed by atoms with Crippen LogP contribution in [-0.4, -0.2) is 35.6 Å². The van der Waals surface area contributed by atoms with Crippen LogP contribution in [-0.2, 0) is 20.7 Å². The molecule has 26 heavy (non-hydrogen) atoms. The fourth-order valence-corrected chi connectivity index (χ4v) is 2.53. The standard InChI is InChI=1S/C20H25N3O3/c1-4-11-26-20(25)18(13(2)3)23-19(24)16(21)12-15-10-9-14-7-5-6-8-17(14)22-15/h4-10,13,16,18H,1,11-12,21H2,2-3H3,(H,23,24)/t16?,18-/m0/s1. The first-order chi connectivity index (χ1) is 12.4. The SMILES string of the molecule is C=CCOC(=O)[C@@H](NC(=O)C(N)Cc1ccc2ccccc2n1)C(C)C. The Hall–Kier alpha value is -2.73. The number of hydrogen-bond donors (Lipinski definition) is 2. The van der Waals surface area contributed by atoms with Gasteiger partial charge in [0, 0.05) is 17.5 Å². The van der Waals surface area contributed by atoms with Crippen molar-refractivity contribution >= 4 is 22.8 Å². The number of ether oxygens (including phenoxy) is 1. The number of amides is 1. The van der Waals surface area contributed by atoms with E-state index in [-0.39, 0.29) is 18.9 Å². The van der Waals surface area contributed by atoms with Gasteiger partial charge in [-0.05, 0) is 18.1 Å². The number of nitrogens with zero attached hydrogens (tertiary/aromatic N) is 1. The first kappa shape index (κ1) is 19.6. The lowest BCUT2D eigenvalue weighted by Crippen LogP contribution is -2.51. The van der Waals surface area contributed by atoms with Crippen LogP contribution in [0, 0.1) is 5.92 Å². The third-order valence-electron chi connectivity index (χ3n) is 3.98. The van der Waals surface area contributed by atoms with Gasteiger partial charge in [0.2, 0.25) is 5.91 Å². The zero-order valence-electron chi connectivity index (χ0n) is 15.1. The molecule has 0 saturated heterocycles. The molecule has 2 atom stereocenters. The van der Waals surface area contributed by atoms with E-state index < -0.39 is 24.0 Å². The van der Waals surface area contributed by atoms with Crippen LogP contribution >= 0.6 is 0 Å². The number of pyridine rings is 1. The van der Waals surface area contributed by atoms with Gasteiger partial charge < -0.3 is 15.8 Å². The largest absolute Gasteiger partial charge is 0.460 e. The molecule has 1 heterocycles. The van der Waals surface area contributed by atoms with Crippen molar-refractivity contribution in [3.05, 3.63) is 54.7 Å². The van der Waals surface area contributed by atoms with Gasteiger partial charge in [-0.1, -0.05) is 50.8 Å². The summed E-state index contributed by atoms with van der Waals surface area (Å²) in [5.41, 5.74) is 7.60. The summed E-state index contributed by atoms with van der Waals surface area (Å²) < 4.78 is 5.04. The summed E-state index contributed by atoms with van der Waals surface area (Å²) in [5, 5.41) is 3.71. The predicted molar refractivity (Wildman–Crippen MR) is 101 cm³/mol. The lowest BCUT2D eigenvalue weighted by molar-refractivity contribution is -0.148. The molecule has 138 valence electrons. The Morgan fingerprint density at radius 3 is 2.69 bits per heavy atom. The van der Waals surface area contributed by atoms with Crippen LogP contribution in [0.15, 0.2) is 49.1 Å². The second-order valence-corrected chi connectivity index (χ2v) is 6.45. The number of nitrogens with two attached hydrogens (primary N) is 1. The van der Waals surface area contributed by atoms with E-state index in [9.17, 15) is 9.59 Å². The van der Waals surface area contributed by atoms with Gasteiger partial charge in [-0.25, -0.2) is 4.79 Å². The van der Waals surface area contributed by atoms with Crippen LogP contribution in [0.2, 0.25) is 0 Å². The van der Waals surface area contributed by atoms with Crippen LogP contribution in [0.5, 0.6) is 0 Å². The second kappa shape index (κ2) is 9.10. The molecular formula is C20H25N3O3. The molecule has 3 N–H and O–H groups in total.